The van der Waals surface area contributed by atoms with Crippen molar-refractivity contribution in [1.29, 1.82) is 0 Å². The van der Waals surface area contributed by atoms with Crippen molar-refractivity contribution in [3.63, 3.8) is 0 Å². The molecule has 0 bridgehead atoms. The molecule has 17 heavy (non-hydrogen) atoms. The zero-order valence-corrected chi connectivity index (χ0v) is 9.65. The van der Waals surface area contributed by atoms with Gasteiger partial charge < -0.3 is 5.32 Å². The summed E-state index contributed by atoms with van der Waals surface area (Å²) >= 11 is 5.59. The number of anilines is 1. The smallest absolute Gasteiger partial charge is 0.244 e. The summed E-state index contributed by atoms with van der Waals surface area (Å²) in [4.78, 5) is 3.93. The molecule has 0 saturated carbocycles. The molecule has 0 atom stereocenters. The minimum Gasteiger partial charge on any atom is -0.368 e. The Morgan fingerprint density at radius 3 is 3.00 bits per heavy atom. The van der Waals surface area contributed by atoms with Crippen LogP contribution in [0.4, 0.5) is 10.2 Å². The Bertz CT molecular complexity index is 461. The van der Waals surface area contributed by atoms with E-state index in [0.717, 1.165) is 5.56 Å². The van der Waals surface area contributed by atoms with Crippen LogP contribution in [0.3, 0.4) is 0 Å². The first kappa shape index (κ1) is 11.7. The quantitative estimate of drug-likeness (QED) is 0.907. The predicted octanol–water partition coefficient (Wildman–Crippen LogP) is 2.32. The highest BCUT2D eigenvalue weighted by atomic mass is 35.5. The van der Waals surface area contributed by atoms with Gasteiger partial charge in [0.05, 0.1) is 6.20 Å². The van der Waals surface area contributed by atoms with Gasteiger partial charge in [0, 0.05) is 6.54 Å². The molecule has 2 rings (SSSR count). The van der Waals surface area contributed by atoms with Crippen molar-refractivity contribution in [2.24, 2.45) is 0 Å². The van der Waals surface area contributed by atoms with Crippen LogP contribution in [0.1, 0.15) is 5.56 Å². The third-order valence-electron chi connectivity index (χ3n) is 2.14. The molecule has 1 aromatic heterocycles. The van der Waals surface area contributed by atoms with Crippen LogP contribution in [0.2, 0.25) is 5.28 Å². The van der Waals surface area contributed by atoms with Crippen LogP contribution < -0.4 is 5.32 Å². The van der Waals surface area contributed by atoms with Gasteiger partial charge in [0.2, 0.25) is 5.28 Å². The molecule has 0 aliphatic rings. The van der Waals surface area contributed by atoms with Gasteiger partial charge in [-0.05, 0) is 35.7 Å². The number of hydrogen-bond acceptors (Lipinski definition) is 4. The Balaban J connectivity index is 1.87. The van der Waals surface area contributed by atoms with Crippen molar-refractivity contribution in [2.75, 3.05) is 11.9 Å². The summed E-state index contributed by atoms with van der Waals surface area (Å²) in [6.07, 6.45) is 2.18. The monoisotopic (exact) mass is 252 g/mol. The Labute approximate surface area is 103 Å². The van der Waals surface area contributed by atoms with Gasteiger partial charge >= 0.3 is 0 Å². The van der Waals surface area contributed by atoms with Crippen molar-refractivity contribution in [2.45, 2.75) is 6.42 Å². The summed E-state index contributed by atoms with van der Waals surface area (Å²) < 4.78 is 12.9. The van der Waals surface area contributed by atoms with Crippen molar-refractivity contribution in [1.82, 2.24) is 15.2 Å². The van der Waals surface area contributed by atoms with Gasteiger partial charge in [0.1, 0.15) is 11.6 Å². The maximum atomic E-state index is 12.9. The molecule has 0 unspecified atom stereocenters. The first-order valence-corrected chi connectivity index (χ1v) is 5.45. The molecule has 0 aliphatic heterocycles. The third kappa shape index (κ3) is 3.64. The van der Waals surface area contributed by atoms with E-state index in [2.05, 4.69) is 20.5 Å². The highest BCUT2D eigenvalue weighted by Crippen LogP contribution is 2.06. The van der Waals surface area contributed by atoms with Crippen LogP contribution >= 0.6 is 11.6 Å². The predicted molar refractivity (Wildman–Crippen MR) is 63.4 cm³/mol. The summed E-state index contributed by atoms with van der Waals surface area (Å²) in [6.45, 7) is 0.623. The molecule has 4 nitrogen and oxygen atoms in total. The fourth-order valence-corrected chi connectivity index (χ4v) is 1.53. The summed E-state index contributed by atoms with van der Waals surface area (Å²) in [7, 11) is 0. The normalized spacial score (nSPS) is 10.2. The summed E-state index contributed by atoms with van der Waals surface area (Å²) in [6, 6.07) is 6.49. The van der Waals surface area contributed by atoms with E-state index in [1.807, 2.05) is 6.07 Å². The Morgan fingerprint density at radius 1 is 1.35 bits per heavy atom. The van der Waals surface area contributed by atoms with Gasteiger partial charge in [-0.15, -0.1) is 5.10 Å². The second-order valence-corrected chi connectivity index (χ2v) is 3.76. The van der Waals surface area contributed by atoms with Crippen molar-refractivity contribution in [3.05, 3.63) is 47.1 Å². The van der Waals surface area contributed by atoms with Crippen LogP contribution in [0.5, 0.6) is 0 Å². The molecule has 0 fully saturated rings. The van der Waals surface area contributed by atoms with Gasteiger partial charge in [-0.25, -0.2) is 4.39 Å². The fraction of sp³-hybridized carbons (Fsp3) is 0.182. The molecule has 0 aliphatic carbocycles. The van der Waals surface area contributed by atoms with Gasteiger partial charge in [-0.1, -0.05) is 12.1 Å². The Morgan fingerprint density at radius 2 is 2.24 bits per heavy atom. The lowest BCUT2D eigenvalue weighted by Crippen LogP contribution is -2.07. The molecule has 88 valence electrons. The Kier molecular flexibility index (Phi) is 3.82. The molecule has 1 N–H and O–H groups in total. The van der Waals surface area contributed by atoms with Gasteiger partial charge in [0.25, 0.3) is 0 Å². The highest BCUT2D eigenvalue weighted by molar-refractivity contribution is 6.28. The molecular formula is C11H10ClFN4. The van der Waals surface area contributed by atoms with Crippen LogP contribution in [0, 0.1) is 5.82 Å². The van der Waals surface area contributed by atoms with E-state index < -0.39 is 0 Å². The minimum atomic E-state index is -0.228. The van der Waals surface area contributed by atoms with E-state index in [9.17, 15) is 4.39 Å². The molecule has 6 heteroatoms. The zero-order chi connectivity index (χ0) is 12.1. The van der Waals surface area contributed by atoms with Crippen LogP contribution in [0.25, 0.3) is 0 Å². The number of hydrogen-bond donors (Lipinski definition) is 1. The molecule has 0 amide bonds. The number of aromatic nitrogens is 3. The molecule has 1 aromatic carbocycles. The number of halogens is 2. The number of nitrogens with zero attached hydrogens (tertiary/aromatic N) is 3. The average molecular weight is 253 g/mol. The van der Waals surface area contributed by atoms with Crippen molar-refractivity contribution >= 4 is 17.4 Å². The van der Waals surface area contributed by atoms with Crippen molar-refractivity contribution in [3.8, 4) is 0 Å². The minimum absolute atomic E-state index is 0.0979. The van der Waals surface area contributed by atoms with Gasteiger partial charge in [-0.2, -0.15) is 10.1 Å². The van der Waals surface area contributed by atoms with E-state index in [4.69, 9.17) is 11.6 Å². The standard InChI is InChI=1S/C11H10ClFN4/c12-11-16-10(7-15-17-11)14-5-4-8-2-1-3-9(13)6-8/h1-3,6-7H,4-5H2,(H,14,16,17). The number of nitrogens with one attached hydrogen (secondary N) is 1. The SMILES string of the molecule is Fc1cccc(CCNc2cnnc(Cl)n2)c1. The second kappa shape index (κ2) is 5.54. The maximum absolute atomic E-state index is 12.9. The first-order chi connectivity index (χ1) is 8.24. The van der Waals surface area contributed by atoms with Gasteiger partial charge in [0.15, 0.2) is 0 Å². The molecule has 0 spiro atoms. The second-order valence-electron chi connectivity index (χ2n) is 3.42. The molecule has 1 heterocycles. The zero-order valence-electron chi connectivity index (χ0n) is 8.90. The summed E-state index contributed by atoms with van der Waals surface area (Å²) in [5, 5.41) is 10.3. The largest absolute Gasteiger partial charge is 0.368 e. The number of rotatable bonds is 4. The maximum Gasteiger partial charge on any atom is 0.244 e. The van der Waals surface area contributed by atoms with Crippen molar-refractivity contribution < 1.29 is 4.39 Å². The molecular weight excluding hydrogens is 243 g/mol. The van der Waals surface area contributed by atoms with E-state index in [1.165, 1.54) is 18.3 Å². The topological polar surface area (TPSA) is 50.7 Å². The lowest BCUT2D eigenvalue weighted by Gasteiger charge is -2.04. The molecule has 2 aromatic rings. The van der Waals surface area contributed by atoms with E-state index >= 15 is 0 Å². The van der Waals surface area contributed by atoms with E-state index in [1.54, 1.807) is 6.07 Å². The lowest BCUT2D eigenvalue weighted by molar-refractivity contribution is 0.625. The lowest BCUT2D eigenvalue weighted by atomic mass is 10.1. The first-order valence-electron chi connectivity index (χ1n) is 5.07. The third-order valence-corrected chi connectivity index (χ3v) is 2.30. The van der Waals surface area contributed by atoms with E-state index in [-0.39, 0.29) is 11.1 Å². The summed E-state index contributed by atoms with van der Waals surface area (Å²) in [5.74, 6) is 0.329. The van der Waals surface area contributed by atoms with Crippen LogP contribution in [-0.2, 0) is 6.42 Å². The van der Waals surface area contributed by atoms with Crippen LogP contribution in [-0.4, -0.2) is 21.7 Å². The Hall–Kier alpha value is -1.75. The average Bonchev–Trinajstić information content (AvgIpc) is 2.29. The highest BCUT2D eigenvalue weighted by Gasteiger charge is 1.98. The fourth-order valence-electron chi connectivity index (χ4n) is 1.39. The van der Waals surface area contributed by atoms with Crippen LogP contribution in [0.15, 0.2) is 30.5 Å². The van der Waals surface area contributed by atoms with E-state index in [0.29, 0.717) is 18.8 Å². The van der Waals surface area contributed by atoms with Gasteiger partial charge in [-0.3, -0.25) is 0 Å². The summed E-state index contributed by atoms with van der Waals surface area (Å²) in [5.41, 5.74) is 0.922. The number of benzene rings is 1. The molecule has 0 saturated heterocycles. The molecule has 0 radical (unpaired) electrons.